The lowest BCUT2D eigenvalue weighted by molar-refractivity contribution is -0.139. The SMILES string of the molecule is COCc1ccc(C(O)C(C)CC(=O)O)cc1. The van der Waals surface area contributed by atoms with Crippen molar-refractivity contribution in [1.29, 1.82) is 0 Å². The highest BCUT2D eigenvalue weighted by molar-refractivity contribution is 5.67. The third-order valence-electron chi connectivity index (χ3n) is 2.67. The Labute approximate surface area is 101 Å². The van der Waals surface area contributed by atoms with Gasteiger partial charge in [0, 0.05) is 7.11 Å². The molecule has 2 N–H and O–H groups in total. The molecule has 0 heterocycles. The molecule has 2 unspecified atom stereocenters. The van der Waals surface area contributed by atoms with E-state index < -0.39 is 12.1 Å². The van der Waals surface area contributed by atoms with Crippen LogP contribution in [0.3, 0.4) is 0 Å². The second kappa shape index (κ2) is 6.37. The molecule has 0 saturated heterocycles. The maximum Gasteiger partial charge on any atom is 0.303 e. The summed E-state index contributed by atoms with van der Waals surface area (Å²) in [6.45, 7) is 2.25. The van der Waals surface area contributed by atoms with Gasteiger partial charge in [0.2, 0.25) is 0 Å². The van der Waals surface area contributed by atoms with Crippen LogP contribution in [-0.4, -0.2) is 23.3 Å². The van der Waals surface area contributed by atoms with Gasteiger partial charge in [0.15, 0.2) is 0 Å². The molecule has 1 aromatic carbocycles. The molecule has 0 aliphatic rings. The summed E-state index contributed by atoms with van der Waals surface area (Å²) in [6, 6.07) is 7.35. The summed E-state index contributed by atoms with van der Waals surface area (Å²) in [5.74, 6) is -1.20. The highest BCUT2D eigenvalue weighted by Gasteiger charge is 2.18. The minimum atomic E-state index is -0.896. The summed E-state index contributed by atoms with van der Waals surface area (Å²) in [5.41, 5.74) is 1.76. The molecule has 17 heavy (non-hydrogen) atoms. The van der Waals surface area contributed by atoms with Crippen LogP contribution in [0.2, 0.25) is 0 Å². The fourth-order valence-corrected chi connectivity index (χ4v) is 1.69. The van der Waals surface area contributed by atoms with E-state index in [9.17, 15) is 9.90 Å². The Bertz CT molecular complexity index is 358. The van der Waals surface area contributed by atoms with Crippen LogP contribution in [0.15, 0.2) is 24.3 Å². The summed E-state index contributed by atoms with van der Waals surface area (Å²) >= 11 is 0. The number of aliphatic hydroxyl groups is 1. The predicted molar refractivity (Wildman–Crippen MR) is 63.5 cm³/mol. The summed E-state index contributed by atoms with van der Waals surface area (Å²) in [7, 11) is 1.62. The van der Waals surface area contributed by atoms with Gasteiger partial charge in [0.1, 0.15) is 0 Å². The number of carboxylic acids is 1. The van der Waals surface area contributed by atoms with Crippen molar-refractivity contribution in [3.05, 3.63) is 35.4 Å². The molecule has 0 aromatic heterocycles. The van der Waals surface area contributed by atoms with E-state index in [1.807, 2.05) is 12.1 Å². The van der Waals surface area contributed by atoms with E-state index in [0.29, 0.717) is 6.61 Å². The molecular formula is C13H18O4. The number of benzene rings is 1. The maximum atomic E-state index is 10.6. The molecule has 4 heteroatoms. The van der Waals surface area contributed by atoms with Gasteiger partial charge in [-0.25, -0.2) is 0 Å². The molecule has 94 valence electrons. The Balaban J connectivity index is 2.68. The molecule has 0 radical (unpaired) electrons. The summed E-state index contributed by atoms with van der Waals surface area (Å²) in [5, 5.41) is 18.6. The number of carboxylic acid groups (broad SMARTS) is 1. The summed E-state index contributed by atoms with van der Waals surface area (Å²) in [4.78, 5) is 10.6. The third kappa shape index (κ3) is 4.17. The van der Waals surface area contributed by atoms with Gasteiger partial charge in [0.05, 0.1) is 19.1 Å². The molecule has 1 rings (SSSR count). The second-order valence-electron chi connectivity index (χ2n) is 4.19. The first-order valence-electron chi connectivity index (χ1n) is 5.52. The Morgan fingerprint density at radius 1 is 1.35 bits per heavy atom. The van der Waals surface area contributed by atoms with Gasteiger partial charge in [-0.2, -0.15) is 0 Å². The van der Waals surface area contributed by atoms with E-state index in [1.54, 1.807) is 26.2 Å². The number of ether oxygens (including phenoxy) is 1. The maximum absolute atomic E-state index is 10.6. The van der Waals surface area contributed by atoms with Gasteiger partial charge in [-0.3, -0.25) is 4.79 Å². The van der Waals surface area contributed by atoms with Crippen molar-refractivity contribution in [3.8, 4) is 0 Å². The third-order valence-corrected chi connectivity index (χ3v) is 2.67. The first kappa shape index (κ1) is 13.7. The van der Waals surface area contributed by atoms with Gasteiger partial charge in [0.25, 0.3) is 0 Å². The molecule has 1 aromatic rings. The van der Waals surface area contributed by atoms with Gasteiger partial charge in [-0.15, -0.1) is 0 Å². The number of carbonyl (C=O) groups is 1. The van der Waals surface area contributed by atoms with Crippen LogP contribution in [0.1, 0.15) is 30.6 Å². The van der Waals surface area contributed by atoms with Crippen LogP contribution in [0.25, 0.3) is 0 Å². The van der Waals surface area contributed by atoms with Crippen molar-refractivity contribution in [1.82, 2.24) is 0 Å². The molecule has 0 aliphatic heterocycles. The van der Waals surface area contributed by atoms with Gasteiger partial charge in [-0.1, -0.05) is 31.2 Å². The minimum Gasteiger partial charge on any atom is -0.481 e. The van der Waals surface area contributed by atoms with E-state index in [2.05, 4.69) is 0 Å². The van der Waals surface area contributed by atoms with Gasteiger partial charge >= 0.3 is 5.97 Å². The Kier molecular flexibility index (Phi) is 5.12. The van der Waals surface area contributed by atoms with Crippen molar-refractivity contribution in [2.75, 3.05) is 7.11 Å². The van der Waals surface area contributed by atoms with Crippen LogP contribution in [0.4, 0.5) is 0 Å². The Morgan fingerprint density at radius 3 is 2.41 bits per heavy atom. The lowest BCUT2D eigenvalue weighted by Gasteiger charge is -2.17. The topological polar surface area (TPSA) is 66.8 Å². The molecule has 0 bridgehead atoms. The number of rotatable bonds is 6. The van der Waals surface area contributed by atoms with Crippen LogP contribution in [-0.2, 0) is 16.1 Å². The monoisotopic (exact) mass is 238 g/mol. The largest absolute Gasteiger partial charge is 0.481 e. The van der Waals surface area contributed by atoms with E-state index in [4.69, 9.17) is 9.84 Å². The average molecular weight is 238 g/mol. The number of aliphatic carboxylic acids is 1. The fourth-order valence-electron chi connectivity index (χ4n) is 1.69. The van der Waals surface area contributed by atoms with Crippen LogP contribution in [0, 0.1) is 5.92 Å². The Hall–Kier alpha value is -1.39. The zero-order chi connectivity index (χ0) is 12.8. The zero-order valence-electron chi connectivity index (χ0n) is 10.1. The average Bonchev–Trinajstić information content (AvgIpc) is 2.28. The van der Waals surface area contributed by atoms with E-state index >= 15 is 0 Å². The van der Waals surface area contributed by atoms with E-state index in [0.717, 1.165) is 11.1 Å². The van der Waals surface area contributed by atoms with Gasteiger partial charge in [-0.05, 0) is 17.0 Å². The smallest absolute Gasteiger partial charge is 0.303 e. The van der Waals surface area contributed by atoms with Crippen LogP contribution < -0.4 is 0 Å². The van der Waals surface area contributed by atoms with E-state index in [1.165, 1.54) is 0 Å². The van der Waals surface area contributed by atoms with Crippen LogP contribution in [0.5, 0.6) is 0 Å². The van der Waals surface area contributed by atoms with Crippen molar-refractivity contribution in [3.63, 3.8) is 0 Å². The van der Waals surface area contributed by atoms with Crippen molar-refractivity contribution in [2.24, 2.45) is 5.92 Å². The van der Waals surface area contributed by atoms with Crippen LogP contribution >= 0.6 is 0 Å². The summed E-state index contributed by atoms with van der Waals surface area (Å²) in [6.07, 6.45) is -0.788. The van der Waals surface area contributed by atoms with Crippen molar-refractivity contribution >= 4 is 5.97 Å². The first-order chi connectivity index (χ1) is 8.04. The highest BCUT2D eigenvalue weighted by Crippen LogP contribution is 2.24. The molecule has 2 atom stereocenters. The molecule has 0 aliphatic carbocycles. The second-order valence-corrected chi connectivity index (χ2v) is 4.19. The molecule has 4 nitrogen and oxygen atoms in total. The summed E-state index contributed by atoms with van der Waals surface area (Å²) < 4.78 is 4.99. The molecule has 0 fully saturated rings. The quantitative estimate of drug-likeness (QED) is 0.795. The standard InChI is InChI=1S/C13H18O4/c1-9(7-12(14)15)13(16)11-5-3-10(4-6-11)8-17-2/h3-6,9,13,16H,7-8H2,1-2H3,(H,14,15). The molecule has 0 saturated carbocycles. The zero-order valence-corrected chi connectivity index (χ0v) is 10.1. The van der Waals surface area contributed by atoms with Gasteiger partial charge < -0.3 is 14.9 Å². The predicted octanol–water partition coefficient (Wildman–Crippen LogP) is 1.98. The number of methoxy groups -OCH3 is 1. The molecular weight excluding hydrogens is 220 g/mol. The van der Waals surface area contributed by atoms with Crippen molar-refractivity contribution < 1.29 is 19.7 Å². The number of aliphatic hydroxyl groups excluding tert-OH is 1. The number of hydrogen-bond donors (Lipinski definition) is 2. The normalized spacial score (nSPS) is 14.3. The fraction of sp³-hybridized carbons (Fsp3) is 0.462. The molecule has 0 amide bonds. The first-order valence-corrected chi connectivity index (χ1v) is 5.52. The molecule has 0 spiro atoms. The van der Waals surface area contributed by atoms with Crippen molar-refractivity contribution in [2.45, 2.75) is 26.1 Å². The lowest BCUT2D eigenvalue weighted by atomic mass is 9.94. The highest BCUT2D eigenvalue weighted by atomic mass is 16.5. The van der Waals surface area contributed by atoms with E-state index in [-0.39, 0.29) is 12.3 Å². The lowest BCUT2D eigenvalue weighted by Crippen LogP contribution is -2.13. The number of hydrogen-bond acceptors (Lipinski definition) is 3. The minimum absolute atomic E-state index is 0.0407. The Morgan fingerprint density at radius 2 is 1.94 bits per heavy atom.